The molecule has 3 heteroatoms. The zero-order valence-electron chi connectivity index (χ0n) is 11.4. The first kappa shape index (κ1) is 16.3. The maximum atomic E-state index is 9.62. The molecular formula is C14H24ClNO. The highest BCUT2D eigenvalue weighted by Crippen LogP contribution is 2.38. The minimum Gasteiger partial charge on any atom is -0.508 e. The molecule has 0 aliphatic heterocycles. The molecule has 0 unspecified atom stereocenters. The third-order valence-electron chi connectivity index (χ3n) is 3.64. The van der Waals surface area contributed by atoms with Crippen molar-refractivity contribution in [1.29, 1.82) is 0 Å². The number of halogens is 1. The van der Waals surface area contributed by atoms with Crippen LogP contribution in [0.5, 0.6) is 5.75 Å². The first-order chi connectivity index (χ1) is 7.45. The van der Waals surface area contributed by atoms with E-state index in [4.69, 9.17) is 0 Å². The smallest absolute Gasteiger partial charge is 0.115 e. The van der Waals surface area contributed by atoms with E-state index < -0.39 is 0 Å². The molecule has 0 aliphatic rings. The lowest BCUT2D eigenvalue weighted by molar-refractivity contribution is 0.0872. The second-order valence-electron chi connectivity index (χ2n) is 4.88. The molecule has 0 bridgehead atoms. The van der Waals surface area contributed by atoms with Gasteiger partial charge in [0, 0.05) is 5.54 Å². The molecule has 2 nitrogen and oxygen atoms in total. The first-order valence-corrected chi connectivity index (χ1v) is 5.92. The van der Waals surface area contributed by atoms with Crippen molar-refractivity contribution >= 4 is 12.4 Å². The maximum Gasteiger partial charge on any atom is 0.115 e. The predicted molar refractivity (Wildman–Crippen MR) is 75.8 cm³/mol. The average Bonchev–Trinajstić information content (AvgIpc) is 2.18. The molecule has 0 saturated carbocycles. The summed E-state index contributed by atoms with van der Waals surface area (Å²) in [6.07, 6.45) is 1.03. The van der Waals surface area contributed by atoms with Gasteiger partial charge in [0.25, 0.3) is 0 Å². The quantitative estimate of drug-likeness (QED) is 0.890. The van der Waals surface area contributed by atoms with E-state index in [1.54, 1.807) is 6.07 Å². The number of phenols is 1. The van der Waals surface area contributed by atoms with Crippen LogP contribution >= 0.6 is 12.4 Å². The normalized spacial score (nSPS) is 14.5. The fourth-order valence-electron chi connectivity index (χ4n) is 2.81. The molecule has 98 valence electrons. The number of nitrogens with zero attached hydrogens (tertiary/aromatic N) is 1. The van der Waals surface area contributed by atoms with E-state index >= 15 is 0 Å². The summed E-state index contributed by atoms with van der Waals surface area (Å²) in [6.45, 7) is 6.66. The Kier molecular flexibility index (Phi) is 6.00. The lowest BCUT2D eigenvalue weighted by Crippen LogP contribution is -2.45. The van der Waals surface area contributed by atoms with E-state index in [9.17, 15) is 5.11 Å². The Bertz CT molecular complexity index is 342. The monoisotopic (exact) mass is 257 g/mol. The second-order valence-corrected chi connectivity index (χ2v) is 4.88. The molecule has 0 spiro atoms. The topological polar surface area (TPSA) is 23.5 Å². The molecule has 1 aromatic carbocycles. The van der Waals surface area contributed by atoms with E-state index in [1.807, 2.05) is 12.1 Å². The third-order valence-corrected chi connectivity index (χ3v) is 3.64. The van der Waals surface area contributed by atoms with Gasteiger partial charge in [-0.15, -0.1) is 12.4 Å². The van der Waals surface area contributed by atoms with E-state index in [0.29, 0.717) is 11.7 Å². The van der Waals surface area contributed by atoms with Gasteiger partial charge in [0.2, 0.25) is 0 Å². The first-order valence-electron chi connectivity index (χ1n) is 5.92. The molecule has 1 N–H and O–H groups in total. The Hall–Kier alpha value is -0.730. The molecule has 1 aromatic rings. The van der Waals surface area contributed by atoms with Gasteiger partial charge in [-0.2, -0.15) is 0 Å². The van der Waals surface area contributed by atoms with Gasteiger partial charge in [-0.3, -0.25) is 4.90 Å². The number of rotatable bonds is 4. The highest BCUT2D eigenvalue weighted by molar-refractivity contribution is 5.85. The van der Waals surface area contributed by atoms with Gasteiger partial charge in [-0.25, -0.2) is 0 Å². The van der Waals surface area contributed by atoms with Gasteiger partial charge in [0.15, 0.2) is 0 Å². The van der Waals surface area contributed by atoms with E-state index in [0.717, 1.165) is 6.42 Å². The van der Waals surface area contributed by atoms with Gasteiger partial charge >= 0.3 is 0 Å². The third kappa shape index (κ3) is 2.93. The summed E-state index contributed by atoms with van der Waals surface area (Å²) in [4.78, 5) is 2.26. The molecule has 0 saturated heterocycles. The fraction of sp³-hybridized carbons (Fsp3) is 0.571. The van der Waals surface area contributed by atoms with Crippen molar-refractivity contribution in [1.82, 2.24) is 4.90 Å². The van der Waals surface area contributed by atoms with Crippen LogP contribution in [0.3, 0.4) is 0 Å². The number of benzene rings is 1. The van der Waals surface area contributed by atoms with Crippen LogP contribution in [0.2, 0.25) is 0 Å². The molecule has 0 aromatic heterocycles. The van der Waals surface area contributed by atoms with Crippen molar-refractivity contribution < 1.29 is 5.11 Å². The average molecular weight is 258 g/mol. The Morgan fingerprint density at radius 1 is 1.29 bits per heavy atom. The molecule has 17 heavy (non-hydrogen) atoms. The van der Waals surface area contributed by atoms with E-state index in [1.165, 1.54) is 5.56 Å². The van der Waals surface area contributed by atoms with Gasteiger partial charge < -0.3 is 5.11 Å². The summed E-state index contributed by atoms with van der Waals surface area (Å²) in [5.41, 5.74) is 1.19. The van der Waals surface area contributed by atoms with Gasteiger partial charge in [0.05, 0.1) is 0 Å². The highest BCUT2D eigenvalue weighted by atomic mass is 35.5. The van der Waals surface area contributed by atoms with Crippen LogP contribution in [0.1, 0.15) is 32.8 Å². The van der Waals surface area contributed by atoms with Gasteiger partial charge in [-0.05, 0) is 44.1 Å². The molecule has 0 heterocycles. The Balaban J connectivity index is 0.00000256. The molecule has 0 fully saturated rings. The van der Waals surface area contributed by atoms with Crippen LogP contribution in [0, 0.1) is 5.92 Å². The molecular weight excluding hydrogens is 234 g/mol. The SMILES string of the molecule is CC[C@@](c1cccc(O)c1)(C(C)C)N(C)C.Cl. The van der Waals surface area contributed by atoms with Crippen molar-refractivity contribution in [2.45, 2.75) is 32.7 Å². The van der Waals surface area contributed by atoms with Crippen LogP contribution < -0.4 is 0 Å². The van der Waals surface area contributed by atoms with Crippen molar-refractivity contribution in [2.75, 3.05) is 14.1 Å². The molecule has 0 radical (unpaired) electrons. The number of hydrogen-bond donors (Lipinski definition) is 1. The van der Waals surface area contributed by atoms with Crippen LogP contribution in [-0.2, 0) is 5.54 Å². The molecule has 0 aliphatic carbocycles. The van der Waals surface area contributed by atoms with Crippen LogP contribution in [0.15, 0.2) is 24.3 Å². The second kappa shape index (κ2) is 6.27. The number of hydrogen-bond acceptors (Lipinski definition) is 2. The van der Waals surface area contributed by atoms with Crippen molar-refractivity contribution in [3.63, 3.8) is 0 Å². The highest BCUT2D eigenvalue weighted by Gasteiger charge is 2.36. The minimum absolute atomic E-state index is 0. The van der Waals surface area contributed by atoms with Crippen LogP contribution in [-0.4, -0.2) is 24.1 Å². The summed E-state index contributed by atoms with van der Waals surface area (Å²) in [7, 11) is 4.21. The summed E-state index contributed by atoms with van der Waals surface area (Å²) in [6, 6.07) is 7.62. The Morgan fingerprint density at radius 3 is 2.24 bits per heavy atom. The Labute approximate surface area is 111 Å². The van der Waals surface area contributed by atoms with Crippen LogP contribution in [0.25, 0.3) is 0 Å². The summed E-state index contributed by atoms with van der Waals surface area (Å²) >= 11 is 0. The summed E-state index contributed by atoms with van der Waals surface area (Å²) in [5.74, 6) is 0.840. The van der Waals surface area contributed by atoms with E-state index in [-0.39, 0.29) is 17.9 Å². The lowest BCUT2D eigenvalue weighted by Gasteiger charge is -2.43. The Morgan fingerprint density at radius 2 is 1.88 bits per heavy atom. The summed E-state index contributed by atoms with van der Waals surface area (Å²) < 4.78 is 0. The zero-order chi connectivity index (χ0) is 12.3. The van der Waals surface area contributed by atoms with Crippen molar-refractivity contribution in [3.05, 3.63) is 29.8 Å². The fourth-order valence-corrected chi connectivity index (χ4v) is 2.81. The maximum absolute atomic E-state index is 9.62. The largest absolute Gasteiger partial charge is 0.508 e. The van der Waals surface area contributed by atoms with E-state index in [2.05, 4.69) is 45.8 Å². The zero-order valence-corrected chi connectivity index (χ0v) is 12.2. The molecule has 1 rings (SSSR count). The van der Waals surface area contributed by atoms with Gasteiger partial charge in [-0.1, -0.05) is 32.9 Å². The summed E-state index contributed by atoms with van der Waals surface area (Å²) in [5, 5.41) is 9.62. The standard InChI is InChI=1S/C14H23NO.ClH/c1-6-14(11(2)3,15(4)5)12-8-7-9-13(16)10-12;/h7-11,16H,6H2,1-5H3;1H/t14-;/m0./s1. The van der Waals surface area contributed by atoms with Gasteiger partial charge in [0.1, 0.15) is 5.75 Å². The predicted octanol–water partition coefficient (Wildman–Crippen LogP) is 3.64. The molecule has 0 amide bonds. The van der Waals surface area contributed by atoms with Crippen LogP contribution in [0.4, 0.5) is 0 Å². The number of aromatic hydroxyl groups is 1. The molecule has 1 atom stereocenters. The van der Waals surface area contributed by atoms with Crippen molar-refractivity contribution in [3.8, 4) is 5.75 Å². The number of phenolic OH excluding ortho intramolecular Hbond substituents is 1. The van der Waals surface area contributed by atoms with Crippen molar-refractivity contribution in [2.24, 2.45) is 5.92 Å². The minimum atomic E-state index is -0.00125. The lowest BCUT2D eigenvalue weighted by atomic mass is 9.76.